The Kier molecular flexibility index (Phi) is 12.2. The molecule has 168 valence electrons. The summed E-state index contributed by atoms with van der Waals surface area (Å²) in [5.74, 6) is -0.537. The van der Waals surface area contributed by atoms with Crippen molar-refractivity contribution in [2.45, 2.75) is 0 Å². The molecule has 9 nitrogen and oxygen atoms in total. The van der Waals surface area contributed by atoms with Crippen LogP contribution in [0.25, 0.3) is 0 Å². The zero-order valence-electron chi connectivity index (χ0n) is 17.5. The molecule has 0 saturated heterocycles. The van der Waals surface area contributed by atoms with Crippen LogP contribution < -0.4 is 0 Å². The highest BCUT2D eigenvalue weighted by atomic mass is 16.6. The second-order valence-electron chi connectivity index (χ2n) is 6.36. The molecule has 1 aromatic carbocycles. The van der Waals surface area contributed by atoms with Crippen LogP contribution in [-0.4, -0.2) is 103 Å². The van der Waals surface area contributed by atoms with Crippen molar-refractivity contribution in [1.29, 1.82) is 0 Å². The molecule has 1 aliphatic heterocycles. The van der Waals surface area contributed by atoms with E-state index < -0.39 is 0 Å². The van der Waals surface area contributed by atoms with Crippen molar-refractivity contribution in [3.8, 4) is 0 Å². The van der Waals surface area contributed by atoms with Crippen molar-refractivity contribution in [3.63, 3.8) is 0 Å². The molecule has 0 unspecified atom stereocenters. The lowest BCUT2D eigenvalue weighted by Crippen LogP contribution is -2.33. The summed E-state index contributed by atoms with van der Waals surface area (Å²) < 4.78 is 31.8. The zero-order valence-corrected chi connectivity index (χ0v) is 17.5. The minimum Gasteiger partial charge on any atom is -0.382 e. The van der Waals surface area contributed by atoms with Crippen LogP contribution in [0, 0.1) is 0 Å². The van der Waals surface area contributed by atoms with E-state index in [1.807, 2.05) is 0 Å². The molecular weight excluding hydrogens is 394 g/mol. The first-order valence-corrected chi connectivity index (χ1v) is 10.1. The molecule has 0 atom stereocenters. The number of carbonyl (C=O) groups is 2. The minimum absolute atomic E-state index is 0.229. The maximum atomic E-state index is 12.2. The Balaban J connectivity index is 1.35. The van der Waals surface area contributed by atoms with Gasteiger partial charge in [0.15, 0.2) is 0 Å². The summed E-state index contributed by atoms with van der Waals surface area (Å²) in [6.45, 7) is 5.47. The maximum absolute atomic E-state index is 12.2. The number of methoxy groups -OCH3 is 1. The number of imide groups is 1. The largest absolute Gasteiger partial charge is 0.382 e. The molecule has 0 fully saturated rings. The predicted molar refractivity (Wildman–Crippen MR) is 108 cm³/mol. The topological polar surface area (TPSA) is 92.8 Å². The Hall–Kier alpha value is -1.88. The number of benzene rings is 1. The van der Waals surface area contributed by atoms with E-state index in [4.69, 9.17) is 28.4 Å². The molecule has 1 heterocycles. The monoisotopic (exact) mass is 425 g/mol. The van der Waals surface area contributed by atoms with Gasteiger partial charge >= 0.3 is 0 Å². The number of nitrogens with zero attached hydrogens (tertiary/aromatic N) is 1. The van der Waals surface area contributed by atoms with Gasteiger partial charge in [0.05, 0.1) is 90.3 Å². The van der Waals surface area contributed by atoms with Crippen LogP contribution in [0.5, 0.6) is 0 Å². The molecule has 0 aliphatic carbocycles. The summed E-state index contributed by atoms with van der Waals surface area (Å²) in [5, 5.41) is 0. The molecule has 9 heteroatoms. The summed E-state index contributed by atoms with van der Waals surface area (Å²) in [4.78, 5) is 25.6. The number of rotatable bonds is 18. The van der Waals surface area contributed by atoms with Gasteiger partial charge in [-0.25, -0.2) is 0 Å². The van der Waals surface area contributed by atoms with Gasteiger partial charge in [0.25, 0.3) is 11.8 Å². The fourth-order valence-electron chi connectivity index (χ4n) is 2.72. The molecule has 1 aliphatic rings. The van der Waals surface area contributed by atoms with Gasteiger partial charge < -0.3 is 28.4 Å². The molecule has 2 rings (SSSR count). The fraction of sp³-hybridized carbons (Fsp3) is 0.619. The van der Waals surface area contributed by atoms with Gasteiger partial charge in [-0.15, -0.1) is 0 Å². The molecule has 0 aromatic heterocycles. The van der Waals surface area contributed by atoms with Crippen LogP contribution in [0.4, 0.5) is 0 Å². The molecule has 0 N–H and O–H groups in total. The molecule has 30 heavy (non-hydrogen) atoms. The first-order chi connectivity index (χ1) is 14.8. The predicted octanol–water partition coefficient (Wildman–Crippen LogP) is 1.01. The summed E-state index contributed by atoms with van der Waals surface area (Å²) in [7, 11) is 1.63. The van der Waals surface area contributed by atoms with E-state index in [0.29, 0.717) is 77.2 Å². The summed E-state index contributed by atoms with van der Waals surface area (Å²) in [5.41, 5.74) is 0.901. The van der Waals surface area contributed by atoms with E-state index in [2.05, 4.69) is 0 Å². The van der Waals surface area contributed by atoms with E-state index >= 15 is 0 Å². The number of ether oxygens (including phenoxy) is 6. The molecule has 0 saturated carbocycles. The van der Waals surface area contributed by atoms with Crippen LogP contribution >= 0.6 is 0 Å². The highest BCUT2D eigenvalue weighted by Crippen LogP contribution is 2.21. The van der Waals surface area contributed by atoms with Crippen molar-refractivity contribution >= 4 is 11.8 Å². The van der Waals surface area contributed by atoms with Crippen LogP contribution in [-0.2, 0) is 28.4 Å². The Bertz CT molecular complexity index is 604. The van der Waals surface area contributed by atoms with E-state index in [0.717, 1.165) is 0 Å². The summed E-state index contributed by atoms with van der Waals surface area (Å²) >= 11 is 0. The maximum Gasteiger partial charge on any atom is 0.261 e. The van der Waals surface area contributed by atoms with Crippen LogP contribution in [0.1, 0.15) is 20.7 Å². The molecule has 1 aromatic rings. The fourth-order valence-corrected chi connectivity index (χ4v) is 2.72. The third kappa shape index (κ3) is 8.47. The van der Waals surface area contributed by atoms with Crippen LogP contribution in [0.15, 0.2) is 24.3 Å². The van der Waals surface area contributed by atoms with Crippen molar-refractivity contribution < 1.29 is 38.0 Å². The summed E-state index contributed by atoms with van der Waals surface area (Å²) in [6.07, 6.45) is 0. The molecular formula is C21H31NO8. The van der Waals surface area contributed by atoms with Crippen molar-refractivity contribution in [2.24, 2.45) is 0 Å². The highest BCUT2D eigenvalue weighted by molar-refractivity contribution is 6.21. The Morgan fingerprint density at radius 2 is 0.967 bits per heavy atom. The number of amides is 2. The van der Waals surface area contributed by atoms with Crippen molar-refractivity contribution in [1.82, 2.24) is 4.90 Å². The lowest BCUT2D eigenvalue weighted by Gasteiger charge is -2.13. The van der Waals surface area contributed by atoms with Gasteiger partial charge in [0, 0.05) is 7.11 Å². The van der Waals surface area contributed by atoms with Crippen LogP contribution in [0.2, 0.25) is 0 Å². The Morgan fingerprint density at radius 1 is 0.600 bits per heavy atom. The van der Waals surface area contributed by atoms with Crippen molar-refractivity contribution in [3.05, 3.63) is 35.4 Å². The second-order valence-corrected chi connectivity index (χ2v) is 6.36. The first kappa shape index (κ1) is 24.4. The number of fused-ring (bicyclic) bond motifs is 1. The van der Waals surface area contributed by atoms with E-state index in [9.17, 15) is 9.59 Å². The normalized spacial score (nSPS) is 13.3. The van der Waals surface area contributed by atoms with Crippen LogP contribution in [0.3, 0.4) is 0 Å². The Morgan fingerprint density at radius 3 is 1.37 bits per heavy atom. The van der Waals surface area contributed by atoms with Gasteiger partial charge in [0.1, 0.15) is 0 Å². The zero-order chi connectivity index (χ0) is 21.4. The Labute approximate surface area is 177 Å². The average Bonchev–Trinajstić information content (AvgIpc) is 3.01. The van der Waals surface area contributed by atoms with E-state index in [1.165, 1.54) is 4.90 Å². The molecule has 2 amide bonds. The number of carbonyl (C=O) groups excluding carboxylic acids is 2. The van der Waals surface area contributed by atoms with Gasteiger partial charge in [0.2, 0.25) is 0 Å². The van der Waals surface area contributed by atoms with Gasteiger partial charge in [-0.3, -0.25) is 14.5 Å². The standard InChI is InChI=1S/C21H31NO8/c1-25-8-9-27-12-13-29-16-17-30-15-14-28-11-10-26-7-6-22-20(23)18-4-2-3-5-19(18)21(22)24/h2-5H,6-17H2,1H3. The van der Waals surface area contributed by atoms with E-state index in [-0.39, 0.29) is 25.0 Å². The first-order valence-electron chi connectivity index (χ1n) is 10.1. The smallest absolute Gasteiger partial charge is 0.261 e. The number of hydrogen-bond acceptors (Lipinski definition) is 8. The van der Waals surface area contributed by atoms with Gasteiger partial charge in [-0.05, 0) is 12.1 Å². The van der Waals surface area contributed by atoms with Crippen molar-refractivity contribution in [2.75, 3.05) is 86.3 Å². The summed E-state index contributed by atoms with van der Waals surface area (Å²) in [6, 6.07) is 6.83. The third-order valence-electron chi connectivity index (χ3n) is 4.26. The average molecular weight is 425 g/mol. The minimum atomic E-state index is -0.268. The van der Waals surface area contributed by atoms with Gasteiger partial charge in [-0.2, -0.15) is 0 Å². The lowest BCUT2D eigenvalue weighted by molar-refractivity contribution is -0.0152. The van der Waals surface area contributed by atoms with E-state index in [1.54, 1.807) is 31.4 Å². The molecule has 0 spiro atoms. The highest BCUT2D eigenvalue weighted by Gasteiger charge is 2.34. The quantitative estimate of drug-likeness (QED) is 0.254. The molecule has 0 radical (unpaired) electrons. The molecule has 0 bridgehead atoms. The second kappa shape index (κ2) is 15.0. The lowest BCUT2D eigenvalue weighted by atomic mass is 10.1. The van der Waals surface area contributed by atoms with Gasteiger partial charge in [-0.1, -0.05) is 12.1 Å². The third-order valence-corrected chi connectivity index (χ3v) is 4.26. The SMILES string of the molecule is COCCOCCOCCOCCOCCOCCN1C(=O)c2ccccc2C1=O. The number of hydrogen-bond donors (Lipinski definition) is 0.